The monoisotopic (exact) mass is 549 g/mol. The van der Waals surface area contributed by atoms with Crippen molar-refractivity contribution >= 4 is 19.2 Å². The first kappa shape index (κ1) is 29.5. The molecule has 0 saturated heterocycles. The normalized spacial score (nSPS) is 19.2. The molecule has 1 fully saturated rings. The zero-order valence-electron chi connectivity index (χ0n) is 24.4. The molecule has 6 nitrogen and oxygen atoms in total. The SMILES string of the molecule is CC(C)(C)[Si](C)(C)OC(CNCC1CCCC(CN)C1)c1ccc(OCc2ccccc2)c2[nH]c(=O)ccc12. The Hall–Kier alpha value is -2.45. The van der Waals surface area contributed by atoms with E-state index >= 15 is 0 Å². The molecule has 0 amide bonds. The summed E-state index contributed by atoms with van der Waals surface area (Å²) in [6.07, 6.45) is 4.84. The van der Waals surface area contributed by atoms with Crippen molar-refractivity contribution in [3.63, 3.8) is 0 Å². The van der Waals surface area contributed by atoms with Crippen molar-refractivity contribution < 1.29 is 9.16 Å². The van der Waals surface area contributed by atoms with Gasteiger partial charge in [0.25, 0.3) is 0 Å². The van der Waals surface area contributed by atoms with Crippen LogP contribution in [0.2, 0.25) is 18.1 Å². The van der Waals surface area contributed by atoms with Crippen LogP contribution >= 0.6 is 0 Å². The van der Waals surface area contributed by atoms with Crippen molar-refractivity contribution in [3.05, 3.63) is 76.1 Å². The first-order chi connectivity index (χ1) is 18.6. The van der Waals surface area contributed by atoms with E-state index in [0.29, 0.717) is 24.2 Å². The van der Waals surface area contributed by atoms with Crippen molar-refractivity contribution in [2.45, 2.75) is 77.3 Å². The largest absolute Gasteiger partial charge is 0.487 e. The molecule has 4 rings (SSSR count). The predicted octanol–water partition coefficient (Wildman–Crippen LogP) is 6.52. The fourth-order valence-corrected chi connectivity index (χ4v) is 6.63. The Kier molecular flexibility index (Phi) is 9.70. The predicted molar refractivity (Wildman–Crippen MR) is 164 cm³/mol. The van der Waals surface area contributed by atoms with Gasteiger partial charge in [0.2, 0.25) is 5.56 Å². The Morgan fingerprint density at radius 2 is 1.79 bits per heavy atom. The average Bonchev–Trinajstić information content (AvgIpc) is 2.91. The lowest BCUT2D eigenvalue weighted by Crippen LogP contribution is -2.44. The van der Waals surface area contributed by atoms with Crippen molar-refractivity contribution in [2.75, 3.05) is 19.6 Å². The highest BCUT2D eigenvalue weighted by atomic mass is 28.4. The Morgan fingerprint density at radius 3 is 2.51 bits per heavy atom. The van der Waals surface area contributed by atoms with Crippen molar-refractivity contribution in [2.24, 2.45) is 17.6 Å². The zero-order chi connectivity index (χ0) is 28.0. The van der Waals surface area contributed by atoms with Gasteiger partial charge in [-0.05, 0) is 85.6 Å². The highest BCUT2D eigenvalue weighted by Crippen LogP contribution is 2.41. The molecule has 3 aromatic rings. The number of benzene rings is 2. The quantitative estimate of drug-likeness (QED) is 0.237. The Morgan fingerprint density at radius 1 is 1.05 bits per heavy atom. The van der Waals surface area contributed by atoms with Gasteiger partial charge < -0.3 is 25.2 Å². The molecule has 0 aliphatic heterocycles. The molecule has 7 heteroatoms. The molecular formula is C32H47N3O3Si. The van der Waals surface area contributed by atoms with Crippen LogP contribution in [0.25, 0.3) is 10.9 Å². The number of hydrogen-bond donors (Lipinski definition) is 3. The summed E-state index contributed by atoms with van der Waals surface area (Å²) in [5, 5.41) is 4.80. The summed E-state index contributed by atoms with van der Waals surface area (Å²) in [6.45, 7) is 14.3. The van der Waals surface area contributed by atoms with Crippen LogP contribution in [0.1, 0.15) is 63.7 Å². The van der Waals surface area contributed by atoms with Crippen LogP contribution in [-0.2, 0) is 11.0 Å². The third kappa shape index (κ3) is 7.60. The van der Waals surface area contributed by atoms with Crippen LogP contribution < -0.4 is 21.3 Å². The Bertz CT molecular complexity index is 1270. The van der Waals surface area contributed by atoms with Crippen molar-refractivity contribution in [1.82, 2.24) is 10.3 Å². The van der Waals surface area contributed by atoms with Gasteiger partial charge in [-0.2, -0.15) is 0 Å². The lowest BCUT2D eigenvalue weighted by atomic mass is 9.81. The molecule has 2 aromatic carbocycles. The van der Waals surface area contributed by atoms with E-state index < -0.39 is 8.32 Å². The number of nitrogens with one attached hydrogen (secondary N) is 2. The van der Waals surface area contributed by atoms with Gasteiger partial charge in [-0.15, -0.1) is 0 Å². The lowest BCUT2D eigenvalue weighted by molar-refractivity contribution is 0.175. The number of aromatic amines is 1. The Labute approximate surface area is 234 Å². The summed E-state index contributed by atoms with van der Waals surface area (Å²) >= 11 is 0. The molecule has 4 N–H and O–H groups in total. The van der Waals surface area contributed by atoms with Crippen LogP contribution in [-0.4, -0.2) is 32.9 Å². The third-order valence-corrected chi connectivity index (χ3v) is 13.2. The fraction of sp³-hybridized carbons (Fsp3) is 0.531. The minimum Gasteiger partial charge on any atom is -0.487 e. The van der Waals surface area contributed by atoms with Gasteiger partial charge in [0, 0.05) is 18.0 Å². The van der Waals surface area contributed by atoms with E-state index in [4.69, 9.17) is 14.9 Å². The summed E-state index contributed by atoms with van der Waals surface area (Å²) in [4.78, 5) is 15.4. The maximum Gasteiger partial charge on any atom is 0.248 e. The van der Waals surface area contributed by atoms with Gasteiger partial charge in [0.05, 0.1) is 11.6 Å². The molecule has 39 heavy (non-hydrogen) atoms. The number of aromatic nitrogens is 1. The van der Waals surface area contributed by atoms with E-state index in [1.807, 2.05) is 42.5 Å². The molecule has 3 unspecified atom stereocenters. The van der Waals surface area contributed by atoms with Gasteiger partial charge >= 0.3 is 0 Å². The first-order valence-electron chi connectivity index (χ1n) is 14.5. The van der Waals surface area contributed by atoms with E-state index in [0.717, 1.165) is 41.7 Å². The second kappa shape index (κ2) is 12.8. The number of fused-ring (bicyclic) bond motifs is 1. The molecule has 212 valence electrons. The first-order valence-corrected chi connectivity index (χ1v) is 17.4. The molecule has 1 heterocycles. The minimum absolute atomic E-state index is 0.0752. The summed E-state index contributed by atoms with van der Waals surface area (Å²) in [7, 11) is -2.09. The molecule has 0 radical (unpaired) electrons. The molecule has 0 spiro atoms. The molecule has 0 bridgehead atoms. The van der Waals surface area contributed by atoms with Gasteiger partial charge in [-0.3, -0.25) is 4.79 Å². The molecule has 1 aliphatic carbocycles. The number of pyridine rings is 1. The van der Waals surface area contributed by atoms with E-state index in [2.05, 4.69) is 50.2 Å². The van der Waals surface area contributed by atoms with Gasteiger partial charge in [-0.1, -0.05) is 63.6 Å². The Balaban J connectivity index is 1.61. The average molecular weight is 550 g/mol. The maximum atomic E-state index is 12.4. The summed E-state index contributed by atoms with van der Waals surface area (Å²) < 4.78 is 13.3. The van der Waals surface area contributed by atoms with E-state index in [1.54, 1.807) is 6.07 Å². The maximum absolute atomic E-state index is 12.4. The zero-order valence-corrected chi connectivity index (χ0v) is 25.4. The number of rotatable bonds is 11. The highest BCUT2D eigenvalue weighted by molar-refractivity contribution is 6.74. The number of ether oxygens (including phenoxy) is 1. The number of nitrogens with two attached hydrogens (primary N) is 1. The topological polar surface area (TPSA) is 89.4 Å². The summed E-state index contributed by atoms with van der Waals surface area (Å²) in [5.74, 6) is 1.97. The van der Waals surface area contributed by atoms with Crippen molar-refractivity contribution in [1.29, 1.82) is 0 Å². The summed E-state index contributed by atoms with van der Waals surface area (Å²) in [5.41, 5.74) is 8.72. The van der Waals surface area contributed by atoms with Crippen LogP contribution in [0.3, 0.4) is 0 Å². The van der Waals surface area contributed by atoms with Crippen LogP contribution in [0.15, 0.2) is 59.4 Å². The van der Waals surface area contributed by atoms with Gasteiger partial charge in [0.15, 0.2) is 8.32 Å². The standard InChI is InChI=1S/C32H47N3O3Si/c1-32(2,3)39(4,5)38-29(21-34-20-25-13-9-12-24(18-25)19-33)26-14-16-28(31-27(26)15-17-30(36)35-31)37-22-23-10-7-6-8-11-23/h6-8,10-11,14-17,24-25,29,34H,9,12-13,18-22,33H2,1-5H3,(H,35,36). The summed E-state index contributed by atoms with van der Waals surface area (Å²) in [6, 6.07) is 17.7. The fourth-order valence-electron chi connectivity index (χ4n) is 5.35. The third-order valence-electron chi connectivity index (χ3n) is 8.71. The van der Waals surface area contributed by atoms with Gasteiger partial charge in [-0.25, -0.2) is 0 Å². The second-order valence-corrected chi connectivity index (χ2v) is 17.5. The molecule has 1 aromatic heterocycles. The van der Waals surface area contributed by atoms with E-state index in [1.165, 1.54) is 25.7 Å². The van der Waals surface area contributed by atoms with Crippen LogP contribution in [0.4, 0.5) is 0 Å². The minimum atomic E-state index is -2.09. The molecule has 3 atom stereocenters. The highest BCUT2D eigenvalue weighted by Gasteiger charge is 2.40. The lowest BCUT2D eigenvalue weighted by Gasteiger charge is -2.40. The second-order valence-electron chi connectivity index (χ2n) is 12.7. The molecular weight excluding hydrogens is 502 g/mol. The number of H-pyrrole nitrogens is 1. The number of hydrogen-bond acceptors (Lipinski definition) is 5. The van der Waals surface area contributed by atoms with Crippen LogP contribution in [0.5, 0.6) is 5.75 Å². The molecule has 1 saturated carbocycles. The van der Waals surface area contributed by atoms with E-state index in [-0.39, 0.29) is 16.7 Å². The van der Waals surface area contributed by atoms with E-state index in [9.17, 15) is 4.79 Å². The smallest absolute Gasteiger partial charge is 0.248 e. The van der Waals surface area contributed by atoms with Crippen molar-refractivity contribution in [3.8, 4) is 5.75 Å². The van der Waals surface area contributed by atoms with Crippen LogP contribution in [0, 0.1) is 11.8 Å². The van der Waals surface area contributed by atoms with Gasteiger partial charge in [0.1, 0.15) is 12.4 Å². The molecule has 1 aliphatic rings.